The predicted molar refractivity (Wildman–Crippen MR) is 64.9 cm³/mol. The zero-order chi connectivity index (χ0) is 12.1. The van der Waals surface area contributed by atoms with Gasteiger partial charge in [-0.05, 0) is 0 Å². The minimum absolute atomic E-state index is 0.209. The average Bonchev–Trinajstić information content (AvgIpc) is 2.25. The molecule has 1 aromatic heterocycles. The van der Waals surface area contributed by atoms with Crippen molar-refractivity contribution in [2.24, 2.45) is 0 Å². The zero-order valence-corrected chi connectivity index (χ0v) is 10.8. The van der Waals surface area contributed by atoms with E-state index in [1.54, 1.807) is 6.07 Å². The second kappa shape index (κ2) is 6.39. The number of rotatable bonds is 5. The second-order valence-corrected chi connectivity index (χ2v) is 5.12. The van der Waals surface area contributed by atoms with Gasteiger partial charge in [0, 0.05) is 17.7 Å². The lowest BCUT2D eigenvalue weighted by Gasteiger charge is -2.09. The molecular weight excluding hydrogens is 248 g/mol. The lowest BCUT2D eigenvalue weighted by Crippen LogP contribution is -2.14. The molecule has 1 unspecified atom stereocenters. The first kappa shape index (κ1) is 13.7. The Balaban J connectivity index is 2.72. The summed E-state index contributed by atoms with van der Waals surface area (Å²) in [5.41, 5.74) is 0. The molecular formula is C10H15ClN2O2S. The minimum atomic E-state index is -0.735. The Kier molecular flexibility index (Phi) is 5.48. The Bertz CT molecular complexity index is 350. The molecule has 1 atom stereocenters. The molecule has 1 aromatic rings. The Morgan fingerprint density at radius 1 is 1.44 bits per heavy atom. The van der Waals surface area contributed by atoms with Crippen molar-refractivity contribution in [1.82, 2.24) is 9.97 Å². The van der Waals surface area contributed by atoms with Gasteiger partial charge >= 0.3 is 0 Å². The minimum Gasteiger partial charge on any atom is -0.394 e. The normalized spacial score (nSPS) is 13.1. The van der Waals surface area contributed by atoms with Gasteiger partial charge in [0.2, 0.25) is 0 Å². The van der Waals surface area contributed by atoms with Crippen molar-refractivity contribution in [2.45, 2.75) is 30.9 Å². The van der Waals surface area contributed by atoms with E-state index in [2.05, 4.69) is 9.97 Å². The maximum Gasteiger partial charge on any atom is 0.133 e. The van der Waals surface area contributed by atoms with Crippen LogP contribution in [0.2, 0.25) is 5.15 Å². The highest BCUT2D eigenvalue weighted by Gasteiger charge is 2.09. The molecule has 0 fully saturated rings. The van der Waals surface area contributed by atoms with Crippen LogP contribution in [-0.2, 0) is 0 Å². The van der Waals surface area contributed by atoms with Crippen molar-refractivity contribution in [2.75, 3.05) is 12.4 Å². The predicted octanol–water partition coefficient (Wildman–Crippen LogP) is 1.70. The molecule has 0 saturated carbocycles. The third-order valence-corrected chi connectivity index (χ3v) is 3.09. The van der Waals surface area contributed by atoms with Crippen molar-refractivity contribution in [1.29, 1.82) is 0 Å². The van der Waals surface area contributed by atoms with Crippen LogP contribution in [0.15, 0.2) is 11.1 Å². The van der Waals surface area contributed by atoms with E-state index < -0.39 is 6.10 Å². The summed E-state index contributed by atoms with van der Waals surface area (Å²) < 4.78 is 0. The summed E-state index contributed by atoms with van der Waals surface area (Å²) in [7, 11) is 0. The van der Waals surface area contributed by atoms with E-state index in [0.29, 0.717) is 16.7 Å². The first-order valence-electron chi connectivity index (χ1n) is 4.99. The standard InChI is InChI=1S/C10H15ClN2O2S/c1-6(2)10-12-8(11)3-9(13-10)16-5-7(15)4-14/h3,6-7,14-15H,4-5H2,1-2H3. The summed E-state index contributed by atoms with van der Waals surface area (Å²) in [4.78, 5) is 8.42. The van der Waals surface area contributed by atoms with Crippen molar-refractivity contribution < 1.29 is 10.2 Å². The third-order valence-electron chi connectivity index (χ3n) is 1.84. The number of hydrogen-bond acceptors (Lipinski definition) is 5. The summed E-state index contributed by atoms with van der Waals surface area (Å²) in [5.74, 6) is 1.29. The van der Waals surface area contributed by atoms with Crippen LogP contribution in [0, 0.1) is 0 Å². The molecule has 0 spiro atoms. The van der Waals surface area contributed by atoms with Gasteiger partial charge in [0.05, 0.1) is 12.7 Å². The summed E-state index contributed by atoms with van der Waals surface area (Å²) in [6, 6.07) is 1.65. The molecule has 0 aliphatic rings. The SMILES string of the molecule is CC(C)c1nc(Cl)cc(SCC(O)CO)n1. The van der Waals surface area contributed by atoms with Gasteiger partial charge in [0.1, 0.15) is 16.0 Å². The van der Waals surface area contributed by atoms with Gasteiger partial charge in [-0.3, -0.25) is 0 Å². The summed E-state index contributed by atoms with van der Waals surface area (Å²) in [6.45, 7) is 3.73. The second-order valence-electron chi connectivity index (χ2n) is 3.69. The van der Waals surface area contributed by atoms with Gasteiger partial charge in [-0.1, -0.05) is 25.4 Å². The number of nitrogens with zero attached hydrogens (tertiary/aromatic N) is 2. The summed E-state index contributed by atoms with van der Waals surface area (Å²) in [5, 5.41) is 19.0. The van der Waals surface area contributed by atoms with Gasteiger partial charge in [0.25, 0.3) is 0 Å². The molecule has 0 saturated heterocycles. The highest BCUT2D eigenvalue weighted by Crippen LogP contribution is 2.22. The fourth-order valence-electron chi connectivity index (χ4n) is 0.980. The van der Waals surface area contributed by atoms with Crippen LogP contribution in [0.5, 0.6) is 0 Å². The van der Waals surface area contributed by atoms with E-state index in [9.17, 15) is 5.11 Å². The topological polar surface area (TPSA) is 66.2 Å². The molecule has 0 aromatic carbocycles. The quantitative estimate of drug-likeness (QED) is 0.625. The molecule has 2 N–H and O–H groups in total. The number of halogens is 1. The van der Waals surface area contributed by atoms with Crippen LogP contribution in [0.1, 0.15) is 25.6 Å². The van der Waals surface area contributed by atoms with E-state index in [1.165, 1.54) is 11.8 Å². The van der Waals surface area contributed by atoms with Crippen LogP contribution in [0.25, 0.3) is 0 Å². The van der Waals surface area contributed by atoms with Gasteiger partial charge < -0.3 is 10.2 Å². The fraction of sp³-hybridized carbons (Fsp3) is 0.600. The van der Waals surface area contributed by atoms with Crippen LogP contribution in [-0.4, -0.2) is 38.6 Å². The molecule has 90 valence electrons. The van der Waals surface area contributed by atoms with Crippen molar-refractivity contribution in [3.63, 3.8) is 0 Å². The first-order valence-corrected chi connectivity index (χ1v) is 6.35. The lowest BCUT2D eigenvalue weighted by atomic mass is 10.2. The number of hydrogen-bond donors (Lipinski definition) is 2. The van der Waals surface area contributed by atoms with Crippen LogP contribution in [0.3, 0.4) is 0 Å². The number of aliphatic hydroxyl groups is 2. The highest BCUT2D eigenvalue weighted by molar-refractivity contribution is 7.99. The Morgan fingerprint density at radius 2 is 2.12 bits per heavy atom. The average molecular weight is 263 g/mol. The fourth-order valence-corrected chi connectivity index (χ4v) is 2.06. The molecule has 0 radical (unpaired) electrons. The van der Waals surface area contributed by atoms with E-state index >= 15 is 0 Å². The van der Waals surface area contributed by atoms with Crippen LogP contribution >= 0.6 is 23.4 Å². The molecule has 1 rings (SSSR count). The van der Waals surface area contributed by atoms with E-state index in [0.717, 1.165) is 5.03 Å². The Hall–Kier alpha value is -0.360. The number of thioether (sulfide) groups is 1. The van der Waals surface area contributed by atoms with Gasteiger partial charge in [-0.25, -0.2) is 9.97 Å². The molecule has 4 nitrogen and oxygen atoms in total. The number of aromatic nitrogens is 2. The van der Waals surface area contributed by atoms with Crippen molar-refractivity contribution in [3.05, 3.63) is 17.0 Å². The summed E-state index contributed by atoms with van der Waals surface area (Å²) >= 11 is 7.22. The molecule has 0 bridgehead atoms. The van der Waals surface area contributed by atoms with Gasteiger partial charge in [0.15, 0.2) is 0 Å². The number of aliphatic hydroxyl groups excluding tert-OH is 2. The monoisotopic (exact) mass is 262 g/mol. The van der Waals surface area contributed by atoms with E-state index in [-0.39, 0.29) is 12.5 Å². The van der Waals surface area contributed by atoms with Crippen LogP contribution < -0.4 is 0 Å². The van der Waals surface area contributed by atoms with Gasteiger partial charge in [-0.2, -0.15) is 0 Å². The summed E-state index contributed by atoms with van der Waals surface area (Å²) in [6.07, 6.45) is -0.735. The third kappa shape index (κ3) is 4.25. The molecule has 0 aliphatic carbocycles. The van der Waals surface area contributed by atoms with Crippen LogP contribution in [0.4, 0.5) is 0 Å². The van der Waals surface area contributed by atoms with E-state index in [1.807, 2.05) is 13.8 Å². The van der Waals surface area contributed by atoms with Gasteiger partial charge in [-0.15, -0.1) is 11.8 Å². The smallest absolute Gasteiger partial charge is 0.133 e. The first-order chi connectivity index (χ1) is 7.52. The van der Waals surface area contributed by atoms with E-state index in [4.69, 9.17) is 16.7 Å². The highest BCUT2D eigenvalue weighted by atomic mass is 35.5. The largest absolute Gasteiger partial charge is 0.394 e. The van der Waals surface area contributed by atoms with Crippen molar-refractivity contribution in [3.8, 4) is 0 Å². The zero-order valence-electron chi connectivity index (χ0n) is 9.22. The lowest BCUT2D eigenvalue weighted by molar-refractivity contribution is 0.113. The maximum atomic E-state index is 9.22. The molecule has 6 heteroatoms. The molecule has 1 heterocycles. The molecule has 16 heavy (non-hydrogen) atoms. The molecule has 0 amide bonds. The maximum absolute atomic E-state index is 9.22. The van der Waals surface area contributed by atoms with Crippen molar-refractivity contribution >= 4 is 23.4 Å². The molecule has 0 aliphatic heterocycles. The Morgan fingerprint density at radius 3 is 2.69 bits per heavy atom. The Labute approximate surface area is 104 Å².